The molecular weight excluding hydrogens is 415 g/mol. The van der Waals surface area contributed by atoms with E-state index in [1.54, 1.807) is 17.4 Å². The van der Waals surface area contributed by atoms with Crippen LogP contribution in [0.25, 0.3) is 11.3 Å². The van der Waals surface area contributed by atoms with E-state index < -0.39 is 0 Å². The summed E-state index contributed by atoms with van der Waals surface area (Å²) in [7, 11) is 0. The molecule has 2 aromatic rings. The number of esters is 1. The highest BCUT2D eigenvalue weighted by Gasteiger charge is 2.23. The Balaban J connectivity index is 1.56. The van der Waals surface area contributed by atoms with E-state index in [-0.39, 0.29) is 5.97 Å². The van der Waals surface area contributed by atoms with Crippen molar-refractivity contribution in [2.45, 2.75) is 32.6 Å². The van der Waals surface area contributed by atoms with Crippen molar-refractivity contribution in [3.63, 3.8) is 0 Å². The minimum atomic E-state index is -0.257. The third-order valence-electron chi connectivity index (χ3n) is 4.80. The fraction of sp³-hybridized carbons (Fsp3) is 0.429. The molecule has 0 radical (unpaired) electrons. The van der Waals surface area contributed by atoms with Gasteiger partial charge < -0.3 is 4.74 Å². The summed E-state index contributed by atoms with van der Waals surface area (Å²) in [5.41, 5.74) is 2.98. The van der Waals surface area contributed by atoms with E-state index in [2.05, 4.69) is 10.3 Å². The number of hydrogen-bond acceptors (Lipinski definition) is 5. The van der Waals surface area contributed by atoms with Crippen molar-refractivity contribution < 1.29 is 9.53 Å². The van der Waals surface area contributed by atoms with E-state index >= 15 is 0 Å². The number of carbonyl (C=O) groups excluding carboxylic acids is 1. The maximum atomic E-state index is 11.6. The molecule has 1 saturated heterocycles. The minimum absolute atomic E-state index is 0.257. The number of nitrogens with zero attached hydrogens (tertiary/aromatic N) is 2. The van der Waals surface area contributed by atoms with Crippen LogP contribution in [0.4, 0.5) is 0 Å². The lowest BCUT2D eigenvalue weighted by Crippen LogP contribution is -2.34. The largest absolute Gasteiger partial charge is 0.463 e. The molecule has 0 atom stereocenters. The summed E-state index contributed by atoms with van der Waals surface area (Å²) in [5, 5.41) is 4.38. The Kier molecular flexibility index (Phi) is 7.52. The van der Waals surface area contributed by atoms with Crippen molar-refractivity contribution in [1.82, 2.24) is 9.88 Å². The van der Waals surface area contributed by atoms with Crippen molar-refractivity contribution in [2.24, 2.45) is 0 Å². The molecule has 1 fully saturated rings. The summed E-state index contributed by atoms with van der Waals surface area (Å²) >= 11 is 13.8. The molecule has 0 aliphatic carbocycles. The maximum Gasteiger partial charge on any atom is 0.330 e. The number of aromatic nitrogens is 1. The van der Waals surface area contributed by atoms with Crippen LogP contribution in [0.2, 0.25) is 10.0 Å². The Morgan fingerprint density at radius 3 is 2.75 bits per heavy atom. The fourth-order valence-corrected chi connectivity index (χ4v) is 4.68. The van der Waals surface area contributed by atoms with Gasteiger partial charge in [0.1, 0.15) is 0 Å². The summed E-state index contributed by atoms with van der Waals surface area (Å²) in [4.78, 5) is 18.8. The number of piperidine rings is 1. The number of thiazole rings is 1. The average molecular weight is 439 g/mol. The van der Waals surface area contributed by atoms with Gasteiger partial charge in [-0.25, -0.2) is 9.78 Å². The predicted octanol–water partition coefficient (Wildman–Crippen LogP) is 5.81. The van der Waals surface area contributed by atoms with Crippen molar-refractivity contribution in [3.8, 4) is 11.3 Å². The molecule has 150 valence electrons. The van der Waals surface area contributed by atoms with Crippen LogP contribution < -0.4 is 0 Å². The van der Waals surface area contributed by atoms with Crippen LogP contribution in [-0.2, 0) is 9.53 Å². The molecular formula is C21H24Cl2N2O2S. The van der Waals surface area contributed by atoms with Crippen molar-refractivity contribution in [1.29, 1.82) is 0 Å². The van der Waals surface area contributed by atoms with Gasteiger partial charge in [0.25, 0.3) is 0 Å². The molecule has 0 bridgehead atoms. The fourth-order valence-electron chi connectivity index (χ4n) is 3.38. The summed E-state index contributed by atoms with van der Waals surface area (Å²) in [6.45, 7) is 7.01. The monoisotopic (exact) mass is 438 g/mol. The lowest BCUT2D eigenvalue weighted by atomic mass is 9.97. The molecule has 1 aromatic heterocycles. The number of carbonyl (C=O) groups is 1. The summed E-state index contributed by atoms with van der Waals surface area (Å²) < 4.78 is 4.97. The van der Waals surface area contributed by atoms with E-state index in [1.807, 2.05) is 32.0 Å². The van der Waals surface area contributed by atoms with Crippen LogP contribution in [0.3, 0.4) is 0 Å². The number of halogens is 2. The van der Waals surface area contributed by atoms with Crippen LogP contribution in [0, 0.1) is 0 Å². The van der Waals surface area contributed by atoms with Gasteiger partial charge in [-0.15, -0.1) is 11.3 Å². The van der Waals surface area contributed by atoms with E-state index in [1.165, 1.54) is 5.01 Å². The molecule has 4 nitrogen and oxygen atoms in total. The lowest BCUT2D eigenvalue weighted by Gasteiger charge is -2.31. The molecule has 3 rings (SSSR count). The second kappa shape index (κ2) is 9.88. The van der Waals surface area contributed by atoms with Gasteiger partial charge in [-0.3, -0.25) is 4.90 Å². The second-order valence-electron chi connectivity index (χ2n) is 6.99. The van der Waals surface area contributed by atoms with Gasteiger partial charge in [0, 0.05) is 29.5 Å². The standard InChI is InChI=1S/C21H24Cl2N2O2S/c1-3-27-20(26)10-14(2)12-25-8-6-15(7-9-25)21-24-19(13-28-21)16-4-5-17(22)18(23)11-16/h4-5,10-11,13,15H,3,6-9,12H2,1-2H3/b14-10+. The van der Waals surface area contributed by atoms with Crippen LogP contribution >= 0.6 is 34.5 Å². The predicted molar refractivity (Wildman–Crippen MR) is 116 cm³/mol. The first-order chi connectivity index (χ1) is 13.5. The number of benzene rings is 1. The van der Waals surface area contributed by atoms with Crippen LogP contribution in [0.5, 0.6) is 0 Å². The minimum Gasteiger partial charge on any atom is -0.463 e. The van der Waals surface area contributed by atoms with Crippen LogP contribution in [0.15, 0.2) is 35.2 Å². The smallest absolute Gasteiger partial charge is 0.330 e. The second-order valence-corrected chi connectivity index (χ2v) is 8.70. The third-order valence-corrected chi connectivity index (χ3v) is 6.54. The SMILES string of the molecule is CCOC(=O)/C=C(\C)CN1CCC(c2nc(-c3ccc(Cl)c(Cl)c3)cs2)CC1. The third kappa shape index (κ3) is 5.57. The Labute approximate surface area is 180 Å². The van der Waals surface area contributed by atoms with Crippen molar-refractivity contribution >= 4 is 40.5 Å². The highest BCUT2D eigenvalue weighted by molar-refractivity contribution is 7.10. The van der Waals surface area contributed by atoms with Crippen molar-refractivity contribution in [2.75, 3.05) is 26.2 Å². The van der Waals surface area contributed by atoms with E-state index in [4.69, 9.17) is 32.9 Å². The van der Waals surface area contributed by atoms with Gasteiger partial charge in [0.2, 0.25) is 0 Å². The van der Waals surface area contributed by atoms with Crippen LogP contribution in [0.1, 0.15) is 37.6 Å². The van der Waals surface area contributed by atoms with Gasteiger partial charge >= 0.3 is 5.97 Å². The zero-order valence-electron chi connectivity index (χ0n) is 16.1. The molecule has 1 aromatic carbocycles. The first-order valence-electron chi connectivity index (χ1n) is 9.43. The summed E-state index contributed by atoms with van der Waals surface area (Å²) in [6, 6.07) is 5.63. The number of hydrogen-bond donors (Lipinski definition) is 0. The van der Waals surface area contributed by atoms with Crippen molar-refractivity contribution in [3.05, 3.63) is 50.3 Å². The number of ether oxygens (including phenoxy) is 1. The normalized spacial score (nSPS) is 16.4. The number of rotatable bonds is 6. The quantitative estimate of drug-likeness (QED) is 0.421. The van der Waals surface area contributed by atoms with Crippen LogP contribution in [-0.4, -0.2) is 42.1 Å². The number of likely N-dealkylation sites (tertiary alicyclic amines) is 1. The highest BCUT2D eigenvalue weighted by atomic mass is 35.5. The Bertz CT molecular complexity index is 858. The maximum absolute atomic E-state index is 11.6. The molecule has 0 amide bonds. The zero-order chi connectivity index (χ0) is 20.1. The first-order valence-corrected chi connectivity index (χ1v) is 11.1. The highest BCUT2D eigenvalue weighted by Crippen LogP contribution is 2.34. The van der Waals surface area contributed by atoms with Gasteiger partial charge in [-0.05, 0) is 51.9 Å². The van der Waals surface area contributed by atoms with E-state index in [0.29, 0.717) is 22.6 Å². The van der Waals surface area contributed by atoms with Gasteiger partial charge in [-0.2, -0.15) is 0 Å². The average Bonchev–Trinajstić information content (AvgIpc) is 3.15. The zero-order valence-corrected chi connectivity index (χ0v) is 18.4. The van der Waals surface area contributed by atoms with E-state index in [0.717, 1.165) is 49.3 Å². The molecule has 2 heterocycles. The summed E-state index contributed by atoms with van der Waals surface area (Å²) in [5.74, 6) is 0.222. The summed E-state index contributed by atoms with van der Waals surface area (Å²) in [6.07, 6.45) is 3.74. The first kappa shape index (κ1) is 21.3. The lowest BCUT2D eigenvalue weighted by molar-refractivity contribution is -0.137. The Morgan fingerprint density at radius 1 is 1.32 bits per heavy atom. The topological polar surface area (TPSA) is 42.4 Å². The Hall–Kier alpha value is -1.40. The van der Waals surface area contributed by atoms with Gasteiger partial charge in [0.15, 0.2) is 0 Å². The molecule has 0 N–H and O–H groups in total. The molecule has 1 aliphatic rings. The van der Waals surface area contributed by atoms with E-state index in [9.17, 15) is 4.79 Å². The molecule has 28 heavy (non-hydrogen) atoms. The molecule has 1 aliphatic heterocycles. The molecule has 0 unspecified atom stereocenters. The Morgan fingerprint density at radius 2 is 2.07 bits per heavy atom. The molecule has 0 spiro atoms. The van der Waals surface area contributed by atoms with Gasteiger partial charge in [0.05, 0.1) is 27.4 Å². The molecule has 7 heteroatoms. The van der Waals surface area contributed by atoms with Gasteiger partial charge in [-0.1, -0.05) is 34.8 Å². The molecule has 0 saturated carbocycles.